The first-order valence-corrected chi connectivity index (χ1v) is 14.2. The maximum Gasteiger partial charge on any atom is 0.395 e. The lowest BCUT2D eigenvalue weighted by molar-refractivity contribution is -0.228. The van der Waals surface area contributed by atoms with Crippen molar-refractivity contribution in [3.63, 3.8) is 0 Å². The van der Waals surface area contributed by atoms with Gasteiger partial charge in [-0.05, 0) is 81.3 Å². The lowest BCUT2D eigenvalue weighted by Gasteiger charge is -2.40. The number of ether oxygens (including phenoxy) is 1. The lowest BCUT2D eigenvalue weighted by Crippen LogP contribution is -2.48. The van der Waals surface area contributed by atoms with Crippen molar-refractivity contribution in [1.82, 2.24) is 14.8 Å². The Labute approximate surface area is 232 Å². The van der Waals surface area contributed by atoms with E-state index in [9.17, 15) is 22.8 Å². The predicted octanol–water partition coefficient (Wildman–Crippen LogP) is 5.05. The molecule has 10 heteroatoms. The Morgan fingerprint density at radius 3 is 2.23 bits per heavy atom. The molecule has 0 unspecified atom stereocenters. The number of nitrogens with two attached hydrogens (primary N) is 1. The minimum Gasteiger partial charge on any atom is -0.477 e. The second kappa shape index (κ2) is 11.8. The minimum atomic E-state index is -4.13. The van der Waals surface area contributed by atoms with Crippen LogP contribution in [0.2, 0.25) is 0 Å². The van der Waals surface area contributed by atoms with Crippen molar-refractivity contribution in [1.29, 1.82) is 0 Å². The first kappa shape index (κ1) is 28.4. The first-order valence-electron chi connectivity index (χ1n) is 14.2. The normalized spacial score (nSPS) is 22.0. The van der Waals surface area contributed by atoms with Gasteiger partial charge in [0.25, 0.3) is 5.91 Å². The number of hydrogen-bond donors (Lipinski definition) is 1. The fraction of sp³-hybridized carbons (Fsp3) is 0.567. The van der Waals surface area contributed by atoms with E-state index in [4.69, 9.17) is 10.5 Å². The maximum atomic E-state index is 13.8. The number of rotatable bonds is 8. The average molecular weight is 559 g/mol. The van der Waals surface area contributed by atoms with Gasteiger partial charge >= 0.3 is 6.18 Å². The van der Waals surface area contributed by atoms with Crippen molar-refractivity contribution in [3.05, 3.63) is 48.2 Å². The zero-order valence-corrected chi connectivity index (χ0v) is 22.7. The lowest BCUT2D eigenvalue weighted by atomic mass is 9.83. The van der Waals surface area contributed by atoms with E-state index >= 15 is 0 Å². The van der Waals surface area contributed by atoms with E-state index in [0.29, 0.717) is 56.9 Å². The molecule has 0 bridgehead atoms. The fourth-order valence-electron chi connectivity index (χ4n) is 6.44. The summed E-state index contributed by atoms with van der Waals surface area (Å²) in [5, 5.41) is 0. The first-order chi connectivity index (χ1) is 19.1. The van der Waals surface area contributed by atoms with E-state index in [1.54, 1.807) is 29.3 Å². The quantitative estimate of drug-likeness (QED) is 0.490. The summed E-state index contributed by atoms with van der Waals surface area (Å²) in [4.78, 5) is 32.4. The topological polar surface area (TPSA) is 88.8 Å². The van der Waals surface area contributed by atoms with Crippen LogP contribution >= 0.6 is 0 Å². The van der Waals surface area contributed by atoms with Crippen LogP contribution in [0.15, 0.2) is 42.6 Å². The third-order valence-electron chi connectivity index (χ3n) is 8.91. The molecule has 3 aliphatic rings. The molecule has 2 aliphatic heterocycles. The van der Waals surface area contributed by atoms with Crippen molar-refractivity contribution in [2.24, 2.45) is 17.1 Å². The summed E-state index contributed by atoms with van der Waals surface area (Å²) in [6.07, 6.45) is 2.40. The Hall–Kier alpha value is -3.14. The van der Waals surface area contributed by atoms with Crippen molar-refractivity contribution in [2.75, 3.05) is 32.8 Å². The van der Waals surface area contributed by atoms with Crippen LogP contribution in [-0.4, -0.2) is 71.6 Å². The summed E-state index contributed by atoms with van der Waals surface area (Å²) >= 11 is 0. The van der Waals surface area contributed by atoms with E-state index in [1.165, 1.54) is 0 Å². The molecule has 0 spiro atoms. The molecule has 3 fully saturated rings. The van der Waals surface area contributed by atoms with E-state index in [2.05, 4.69) is 4.98 Å². The maximum absolute atomic E-state index is 13.8. The third-order valence-corrected chi connectivity index (χ3v) is 8.91. The molecule has 40 heavy (non-hydrogen) atoms. The van der Waals surface area contributed by atoms with Gasteiger partial charge in [0, 0.05) is 36.5 Å². The minimum absolute atomic E-state index is 0.119. The van der Waals surface area contributed by atoms with Crippen molar-refractivity contribution < 1.29 is 27.5 Å². The molecular weight excluding hydrogens is 521 g/mol. The molecule has 2 saturated heterocycles. The number of carbonyl (C=O) groups excluding carboxylic acids is 2. The van der Waals surface area contributed by atoms with E-state index in [1.807, 2.05) is 23.1 Å². The Morgan fingerprint density at radius 1 is 0.950 bits per heavy atom. The smallest absolute Gasteiger partial charge is 0.395 e. The number of halogens is 3. The summed E-state index contributed by atoms with van der Waals surface area (Å²) < 4.78 is 47.2. The molecule has 1 aromatic carbocycles. The monoisotopic (exact) mass is 558 g/mol. The highest BCUT2D eigenvalue weighted by molar-refractivity contribution is 5.98. The molecule has 1 saturated carbocycles. The number of primary amides is 1. The second-order valence-corrected chi connectivity index (χ2v) is 11.5. The highest BCUT2D eigenvalue weighted by Crippen LogP contribution is 2.51. The van der Waals surface area contributed by atoms with E-state index < -0.39 is 23.5 Å². The van der Waals surface area contributed by atoms with Crippen LogP contribution in [0.5, 0.6) is 5.88 Å². The number of carbonyl (C=O) groups is 2. The molecule has 0 radical (unpaired) electrons. The van der Waals surface area contributed by atoms with Crippen LogP contribution in [0.3, 0.4) is 0 Å². The van der Waals surface area contributed by atoms with Gasteiger partial charge in [-0.15, -0.1) is 0 Å². The molecule has 7 nitrogen and oxygen atoms in total. The largest absolute Gasteiger partial charge is 0.477 e. The van der Waals surface area contributed by atoms with Gasteiger partial charge in [0.2, 0.25) is 11.8 Å². The number of aromatic nitrogens is 1. The van der Waals surface area contributed by atoms with Crippen molar-refractivity contribution in [3.8, 4) is 17.0 Å². The zero-order chi connectivity index (χ0) is 28.3. The molecule has 5 rings (SSSR count). The fourth-order valence-corrected chi connectivity index (χ4v) is 6.44. The zero-order valence-electron chi connectivity index (χ0n) is 22.7. The van der Waals surface area contributed by atoms with Gasteiger partial charge in [-0.2, -0.15) is 13.2 Å². The average Bonchev–Trinajstić information content (AvgIpc) is 3.64. The summed E-state index contributed by atoms with van der Waals surface area (Å²) in [7, 11) is 0. The number of likely N-dealkylation sites (tertiary alicyclic amines) is 2. The summed E-state index contributed by atoms with van der Waals surface area (Å²) in [6, 6.07) is 10.4. The molecular formula is C30H37F3N4O3. The van der Waals surface area contributed by atoms with E-state index in [0.717, 1.165) is 30.4 Å². The third kappa shape index (κ3) is 6.11. The van der Waals surface area contributed by atoms with Gasteiger partial charge in [0.15, 0.2) is 0 Å². The van der Waals surface area contributed by atoms with Crippen molar-refractivity contribution in [2.45, 2.75) is 63.6 Å². The number of alkyl halides is 3. The molecule has 2 amide bonds. The van der Waals surface area contributed by atoms with Gasteiger partial charge in [0.05, 0.1) is 12.0 Å². The molecule has 1 aromatic heterocycles. The predicted molar refractivity (Wildman–Crippen MR) is 145 cm³/mol. The number of hydrogen-bond acceptors (Lipinski definition) is 5. The Balaban J connectivity index is 1.10. The summed E-state index contributed by atoms with van der Waals surface area (Å²) in [6.45, 7) is 2.46. The van der Waals surface area contributed by atoms with Crippen LogP contribution in [0.1, 0.15) is 61.7 Å². The number of nitrogens with zero attached hydrogens (tertiary/aromatic N) is 3. The van der Waals surface area contributed by atoms with Crippen LogP contribution in [0.25, 0.3) is 11.1 Å². The Kier molecular flexibility index (Phi) is 8.35. The Morgan fingerprint density at radius 2 is 1.62 bits per heavy atom. The SMILES string of the molecule is NC(=O)[C@@H]1CCCN1C(=O)c1ccc(-c2ccc(OCC3CCN(CC4(C(F)(F)F)CCCC4)CC3)nc2)cc1. The summed E-state index contributed by atoms with van der Waals surface area (Å²) in [5.74, 6) is 0.128. The number of benzene rings is 1. The molecule has 2 aromatic rings. The Bertz CT molecular complexity index is 1170. The van der Waals surface area contributed by atoms with Crippen LogP contribution < -0.4 is 10.5 Å². The van der Waals surface area contributed by atoms with E-state index in [-0.39, 0.29) is 31.2 Å². The molecule has 1 atom stereocenters. The van der Waals surface area contributed by atoms with Crippen LogP contribution in [0.4, 0.5) is 13.2 Å². The van der Waals surface area contributed by atoms with Crippen LogP contribution in [0, 0.1) is 11.3 Å². The number of amides is 2. The van der Waals surface area contributed by atoms with Crippen molar-refractivity contribution >= 4 is 11.8 Å². The molecule has 216 valence electrons. The number of piperidine rings is 1. The van der Waals surface area contributed by atoms with Gasteiger partial charge in [-0.25, -0.2) is 4.98 Å². The molecule has 3 heterocycles. The standard InChI is InChI=1S/C30H37F3N4O3/c31-30(32,33)29(13-1-2-14-29)20-36-16-11-21(12-17-36)19-40-26-10-9-24(18-35-26)22-5-7-23(8-6-22)28(39)37-15-3-4-25(37)27(34)38/h5-10,18,21,25H,1-4,11-17,19-20H2,(H2,34,38)/t25-/m0/s1. The molecule has 2 N–H and O–H groups in total. The van der Waals surface area contributed by atoms with Gasteiger partial charge in [0.1, 0.15) is 6.04 Å². The van der Waals surface area contributed by atoms with Gasteiger partial charge in [-0.1, -0.05) is 25.0 Å². The summed E-state index contributed by atoms with van der Waals surface area (Å²) in [5.41, 5.74) is 6.20. The van der Waals surface area contributed by atoms with Gasteiger partial charge in [-0.3, -0.25) is 9.59 Å². The highest BCUT2D eigenvalue weighted by Gasteiger charge is 2.56. The highest BCUT2D eigenvalue weighted by atomic mass is 19.4. The second-order valence-electron chi connectivity index (χ2n) is 11.5. The number of pyridine rings is 1. The van der Waals surface area contributed by atoms with Crippen LogP contribution in [-0.2, 0) is 4.79 Å². The van der Waals surface area contributed by atoms with Gasteiger partial charge < -0.3 is 20.3 Å². The molecule has 1 aliphatic carbocycles.